The van der Waals surface area contributed by atoms with Gasteiger partial charge in [-0.2, -0.15) is 0 Å². The van der Waals surface area contributed by atoms with Crippen LogP contribution in [0.2, 0.25) is 0 Å². The Balaban J connectivity index is 1.45. The van der Waals surface area contributed by atoms with Gasteiger partial charge >= 0.3 is 0 Å². The molecule has 0 aliphatic carbocycles. The van der Waals surface area contributed by atoms with E-state index >= 15 is 0 Å². The minimum atomic E-state index is -0.110. The fourth-order valence-corrected chi connectivity index (χ4v) is 5.16. The summed E-state index contributed by atoms with van der Waals surface area (Å²) in [7, 11) is 0. The molecule has 3 aromatic rings. The number of ether oxygens (including phenoxy) is 2. The summed E-state index contributed by atoms with van der Waals surface area (Å²) in [6, 6.07) is 15.4. The molecule has 1 N–H and O–H groups in total. The summed E-state index contributed by atoms with van der Waals surface area (Å²) in [5.41, 5.74) is 1.65. The van der Waals surface area contributed by atoms with E-state index in [1.54, 1.807) is 0 Å². The maximum Gasteiger partial charge on any atom is 0.242 e. The summed E-state index contributed by atoms with van der Waals surface area (Å²) >= 11 is 1.46. The van der Waals surface area contributed by atoms with Crippen LogP contribution in [0.1, 0.15) is 20.8 Å². The molecule has 0 bridgehead atoms. The van der Waals surface area contributed by atoms with Gasteiger partial charge in [0, 0.05) is 35.1 Å². The molecule has 2 atom stereocenters. The Morgan fingerprint density at radius 1 is 1.09 bits per heavy atom. The average Bonchev–Trinajstić information content (AvgIpc) is 3.16. The number of fused-ring (bicyclic) bond motifs is 1. The van der Waals surface area contributed by atoms with Crippen LogP contribution in [0.3, 0.4) is 0 Å². The fraction of sp³-hybridized carbons (Fsp3) is 0.385. The molecule has 2 amide bonds. The second-order valence-electron chi connectivity index (χ2n) is 8.46. The summed E-state index contributed by atoms with van der Waals surface area (Å²) in [4.78, 5) is 28.5. The zero-order chi connectivity index (χ0) is 24.1. The van der Waals surface area contributed by atoms with Gasteiger partial charge in [-0.25, -0.2) is 0 Å². The van der Waals surface area contributed by atoms with E-state index in [0.29, 0.717) is 31.1 Å². The molecular weight excluding hydrogens is 450 g/mol. The van der Waals surface area contributed by atoms with E-state index in [2.05, 4.69) is 5.32 Å². The van der Waals surface area contributed by atoms with E-state index in [1.165, 1.54) is 11.8 Å². The SMILES string of the molecule is CCOc1ccccc1NC(=O)CSc1cn(CC(=O)N2CC(C)OC(C)C2)c2ccccc12. The number of hydrogen-bond acceptors (Lipinski definition) is 5. The van der Waals surface area contributed by atoms with Crippen LogP contribution in [-0.4, -0.2) is 58.9 Å². The first-order valence-corrected chi connectivity index (χ1v) is 12.6. The molecule has 34 heavy (non-hydrogen) atoms. The largest absolute Gasteiger partial charge is 0.492 e. The Labute approximate surface area is 204 Å². The van der Waals surface area contributed by atoms with Crippen molar-refractivity contribution >= 4 is 40.2 Å². The van der Waals surface area contributed by atoms with E-state index in [9.17, 15) is 9.59 Å². The molecule has 2 heterocycles. The zero-order valence-corrected chi connectivity index (χ0v) is 20.6. The number of benzene rings is 2. The molecule has 1 aromatic heterocycles. The summed E-state index contributed by atoms with van der Waals surface area (Å²) in [6.07, 6.45) is 2.04. The number of rotatable bonds is 8. The lowest BCUT2D eigenvalue weighted by Crippen LogP contribution is -2.49. The predicted molar refractivity (Wildman–Crippen MR) is 135 cm³/mol. The molecule has 1 fully saturated rings. The van der Waals surface area contributed by atoms with Gasteiger partial charge in [0.15, 0.2) is 0 Å². The van der Waals surface area contributed by atoms with Crippen molar-refractivity contribution in [1.82, 2.24) is 9.47 Å². The highest BCUT2D eigenvalue weighted by molar-refractivity contribution is 8.00. The van der Waals surface area contributed by atoms with Crippen molar-refractivity contribution in [3.63, 3.8) is 0 Å². The van der Waals surface area contributed by atoms with E-state index < -0.39 is 0 Å². The molecule has 1 aliphatic heterocycles. The van der Waals surface area contributed by atoms with Crippen LogP contribution in [0.15, 0.2) is 59.6 Å². The molecule has 8 heteroatoms. The third-order valence-electron chi connectivity index (χ3n) is 5.65. The van der Waals surface area contributed by atoms with Gasteiger partial charge in [0.1, 0.15) is 12.3 Å². The van der Waals surface area contributed by atoms with Crippen molar-refractivity contribution in [2.75, 3.05) is 30.8 Å². The normalized spacial score (nSPS) is 18.1. The number of para-hydroxylation sites is 3. The van der Waals surface area contributed by atoms with Gasteiger partial charge < -0.3 is 24.3 Å². The Kier molecular flexibility index (Phi) is 7.80. The monoisotopic (exact) mass is 481 g/mol. The van der Waals surface area contributed by atoms with E-state index in [1.807, 2.05) is 85.0 Å². The van der Waals surface area contributed by atoms with Crippen LogP contribution in [0.4, 0.5) is 5.69 Å². The first kappa shape index (κ1) is 24.2. The van der Waals surface area contributed by atoms with Crippen molar-refractivity contribution in [3.05, 3.63) is 54.7 Å². The number of anilines is 1. The summed E-state index contributed by atoms with van der Waals surface area (Å²) in [5, 5.41) is 3.97. The van der Waals surface area contributed by atoms with E-state index in [-0.39, 0.29) is 36.3 Å². The first-order chi connectivity index (χ1) is 16.4. The molecule has 0 spiro atoms. The van der Waals surface area contributed by atoms with Crippen molar-refractivity contribution in [1.29, 1.82) is 0 Å². The number of aromatic nitrogens is 1. The average molecular weight is 482 g/mol. The highest BCUT2D eigenvalue weighted by Gasteiger charge is 2.26. The van der Waals surface area contributed by atoms with Crippen molar-refractivity contribution in [2.24, 2.45) is 0 Å². The molecule has 4 rings (SSSR count). The lowest BCUT2D eigenvalue weighted by molar-refractivity contribution is -0.143. The number of thioether (sulfide) groups is 1. The van der Waals surface area contributed by atoms with Crippen LogP contribution < -0.4 is 10.1 Å². The van der Waals surface area contributed by atoms with Crippen LogP contribution in [0, 0.1) is 0 Å². The Morgan fingerprint density at radius 2 is 1.79 bits per heavy atom. The van der Waals surface area contributed by atoms with Crippen molar-refractivity contribution in [3.8, 4) is 5.75 Å². The molecule has 0 radical (unpaired) electrons. The van der Waals surface area contributed by atoms with Gasteiger partial charge in [-0.05, 0) is 39.0 Å². The molecule has 2 aromatic carbocycles. The number of hydrogen-bond donors (Lipinski definition) is 1. The van der Waals surface area contributed by atoms with Gasteiger partial charge in [-0.3, -0.25) is 9.59 Å². The smallest absolute Gasteiger partial charge is 0.242 e. The van der Waals surface area contributed by atoms with Crippen molar-refractivity contribution in [2.45, 2.75) is 44.4 Å². The maximum absolute atomic E-state index is 13.0. The highest BCUT2D eigenvalue weighted by atomic mass is 32.2. The number of nitrogens with one attached hydrogen (secondary N) is 1. The minimum Gasteiger partial charge on any atom is -0.492 e. The second-order valence-corrected chi connectivity index (χ2v) is 9.48. The van der Waals surface area contributed by atoms with Gasteiger partial charge in [-0.1, -0.05) is 30.3 Å². The van der Waals surface area contributed by atoms with Gasteiger partial charge in [0.2, 0.25) is 11.8 Å². The summed E-state index contributed by atoms with van der Waals surface area (Å²) in [5.74, 6) is 0.872. The van der Waals surface area contributed by atoms with E-state index in [4.69, 9.17) is 9.47 Å². The topological polar surface area (TPSA) is 72.8 Å². The minimum absolute atomic E-state index is 0.0339. The first-order valence-electron chi connectivity index (χ1n) is 11.6. The lowest BCUT2D eigenvalue weighted by atomic mass is 10.2. The Hall–Kier alpha value is -2.97. The molecule has 180 valence electrons. The Bertz CT molecular complexity index is 1150. The number of morpholine rings is 1. The number of carbonyl (C=O) groups is 2. The third kappa shape index (κ3) is 5.74. The van der Waals surface area contributed by atoms with Gasteiger partial charge in [0.05, 0.1) is 30.3 Å². The quantitative estimate of drug-likeness (QED) is 0.483. The molecule has 7 nitrogen and oxygen atoms in total. The predicted octanol–water partition coefficient (Wildman–Crippen LogP) is 4.41. The molecule has 1 saturated heterocycles. The molecular formula is C26H31N3O4S. The van der Waals surface area contributed by atoms with Crippen LogP contribution in [-0.2, 0) is 20.9 Å². The van der Waals surface area contributed by atoms with Crippen LogP contribution >= 0.6 is 11.8 Å². The third-order valence-corrected chi connectivity index (χ3v) is 6.69. The number of amides is 2. The molecule has 1 aliphatic rings. The second kappa shape index (κ2) is 11.0. The zero-order valence-electron chi connectivity index (χ0n) is 19.8. The van der Waals surface area contributed by atoms with Gasteiger partial charge in [-0.15, -0.1) is 11.8 Å². The Morgan fingerprint density at radius 3 is 2.56 bits per heavy atom. The summed E-state index contributed by atoms with van der Waals surface area (Å²) in [6.45, 7) is 7.90. The number of nitrogens with zero attached hydrogens (tertiary/aromatic N) is 2. The van der Waals surface area contributed by atoms with Gasteiger partial charge in [0.25, 0.3) is 0 Å². The van der Waals surface area contributed by atoms with E-state index in [0.717, 1.165) is 15.8 Å². The molecule has 0 saturated carbocycles. The maximum atomic E-state index is 13.0. The molecule has 2 unspecified atom stereocenters. The lowest BCUT2D eigenvalue weighted by Gasteiger charge is -2.35. The standard InChI is InChI=1S/C26H31N3O4S/c1-4-32-23-12-8-6-10-21(23)27-25(30)17-34-24-15-28(22-11-7-5-9-20(22)24)16-26(31)29-13-18(2)33-19(3)14-29/h5-12,15,18-19H,4,13-14,16-17H2,1-3H3,(H,27,30). The highest BCUT2D eigenvalue weighted by Crippen LogP contribution is 2.31. The summed E-state index contributed by atoms with van der Waals surface area (Å²) < 4.78 is 13.3. The fourth-order valence-electron chi connectivity index (χ4n) is 4.27. The van der Waals surface area contributed by atoms with Crippen LogP contribution in [0.25, 0.3) is 10.9 Å². The number of carbonyl (C=O) groups excluding carboxylic acids is 2. The van der Waals surface area contributed by atoms with Crippen LogP contribution in [0.5, 0.6) is 5.75 Å². The van der Waals surface area contributed by atoms with Crippen molar-refractivity contribution < 1.29 is 19.1 Å².